The summed E-state index contributed by atoms with van der Waals surface area (Å²) >= 11 is 0. The summed E-state index contributed by atoms with van der Waals surface area (Å²) in [7, 11) is 0. The molecule has 6 heteroatoms. The second-order valence-electron chi connectivity index (χ2n) is 11.2. The van der Waals surface area contributed by atoms with Gasteiger partial charge in [-0.25, -0.2) is 0 Å². The molecule has 8 unspecified atom stereocenters. The van der Waals surface area contributed by atoms with Crippen LogP contribution in [0.4, 0.5) is 0 Å². The summed E-state index contributed by atoms with van der Waals surface area (Å²) in [5.41, 5.74) is 13.7. The molecular weight excluding hydrogens is 404 g/mol. The van der Waals surface area contributed by atoms with Crippen LogP contribution >= 0.6 is 0 Å². The maximum Gasteiger partial charge on any atom is 0.142 e. The molecule has 0 aromatic carbocycles. The maximum atomic E-state index is 13.6. The van der Waals surface area contributed by atoms with Gasteiger partial charge < -0.3 is 20.9 Å². The molecule has 180 valence electrons. The molecule has 5 fully saturated rings. The largest absolute Gasteiger partial charge is 0.371 e. The molecular formula is C26H42N2O4. The average molecular weight is 447 g/mol. The predicted molar refractivity (Wildman–Crippen MR) is 122 cm³/mol. The highest BCUT2D eigenvalue weighted by Gasteiger charge is 2.61. The standard InChI is InChI=1S/C26H42N2O4/c27-21-19-20(24(30)18-14-8-7-13-17(18)23(19)29)22(28)26(32-16-11-5-2-6-12-16)25(21)31-15-9-3-1-4-10-15/h15-22,25-26H,1-14,27-28H2. The lowest BCUT2D eigenvalue weighted by atomic mass is 9.55. The Morgan fingerprint density at radius 3 is 1.25 bits per heavy atom. The summed E-state index contributed by atoms with van der Waals surface area (Å²) in [5, 5.41) is 0. The second kappa shape index (κ2) is 9.81. The summed E-state index contributed by atoms with van der Waals surface area (Å²) in [6.07, 6.45) is 14.4. The molecule has 5 saturated carbocycles. The molecule has 6 nitrogen and oxygen atoms in total. The zero-order chi connectivity index (χ0) is 22.2. The summed E-state index contributed by atoms with van der Waals surface area (Å²) in [6.45, 7) is 0. The van der Waals surface area contributed by atoms with Gasteiger partial charge in [0.05, 0.1) is 12.2 Å². The number of ketones is 2. The van der Waals surface area contributed by atoms with Crippen molar-refractivity contribution in [3.8, 4) is 0 Å². The Morgan fingerprint density at radius 1 is 0.531 bits per heavy atom. The van der Waals surface area contributed by atoms with Crippen molar-refractivity contribution in [1.29, 1.82) is 0 Å². The molecule has 0 radical (unpaired) electrons. The van der Waals surface area contributed by atoms with Gasteiger partial charge in [0.25, 0.3) is 0 Å². The maximum absolute atomic E-state index is 13.6. The van der Waals surface area contributed by atoms with Gasteiger partial charge in [-0.3, -0.25) is 9.59 Å². The number of carbonyl (C=O) groups is 2. The van der Waals surface area contributed by atoms with Crippen molar-refractivity contribution < 1.29 is 19.1 Å². The van der Waals surface area contributed by atoms with Crippen LogP contribution in [0.3, 0.4) is 0 Å². The zero-order valence-electron chi connectivity index (χ0n) is 19.5. The Labute approximate surface area is 192 Å². The number of rotatable bonds is 4. The zero-order valence-corrected chi connectivity index (χ0v) is 19.5. The molecule has 5 aliphatic carbocycles. The number of fused-ring (bicyclic) bond motifs is 2. The minimum absolute atomic E-state index is 0.151. The smallest absolute Gasteiger partial charge is 0.142 e. The normalized spacial score (nSPS) is 44.2. The first kappa shape index (κ1) is 22.9. The lowest BCUT2D eigenvalue weighted by Crippen LogP contribution is -2.72. The SMILES string of the molecule is NC1C(OC2CCCCC2)C(OC2CCCCC2)C(N)C2C(=O)C3CCCCC3C(=O)C12. The van der Waals surface area contributed by atoms with Gasteiger partial charge in [-0.15, -0.1) is 0 Å². The topological polar surface area (TPSA) is 105 Å². The lowest BCUT2D eigenvalue weighted by molar-refractivity contribution is -0.192. The van der Waals surface area contributed by atoms with Crippen molar-refractivity contribution in [3.63, 3.8) is 0 Å². The summed E-state index contributed by atoms with van der Waals surface area (Å²) < 4.78 is 13.3. The fraction of sp³-hybridized carbons (Fsp3) is 0.923. The van der Waals surface area contributed by atoms with Gasteiger partial charge in [-0.2, -0.15) is 0 Å². The fourth-order valence-electron chi connectivity index (χ4n) is 7.55. The van der Waals surface area contributed by atoms with E-state index in [1.165, 1.54) is 38.5 Å². The average Bonchev–Trinajstić information content (AvgIpc) is 2.83. The summed E-state index contributed by atoms with van der Waals surface area (Å²) in [4.78, 5) is 27.3. The summed E-state index contributed by atoms with van der Waals surface area (Å²) in [5.74, 6) is -1.01. The molecule has 8 atom stereocenters. The van der Waals surface area contributed by atoms with E-state index in [1.807, 2.05) is 0 Å². The molecule has 4 N–H and O–H groups in total. The predicted octanol–water partition coefficient (Wildman–Crippen LogP) is 3.28. The first-order valence-electron chi connectivity index (χ1n) is 13.5. The third-order valence-corrected chi connectivity index (χ3v) is 9.26. The number of nitrogens with two attached hydrogens (primary N) is 2. The van der Waals surface area contributed by atoms with E-state index in [1.54, 1.807) is 0 Å². The number of hydrogen-bond donors (Lipinski definition) is 2. The van der Waals surface area contributed by atoms with Crippen molar-refractivity contribution in [3.05, 3.63) is 0 Å². The molecule has 0 heterocycles. The Hall–Kier alpha value is -0.820. The Bertz CT molecular complexity index is 629. The van der Waals surface area contributed by atoms with Crippen molar-refractivity contribution in [2.24, 2.45) is 35.1 Å². The van der Waals surface area contributed by atoms with Gasteiger partial charge in [0.2, 0.25) is 0 Å². The highest BCUT2D eigenvalue weighted by molar-refractivity contribution is 6.00. The van der Waals surface area contributed by atoms with E-state index in [2.05, 4.69) is 0 Å². The molecule has 5 rings (SSSR count). The van der Waals surface area contributed by atoms with Crippen molar-refractivity contribution in [1.82, 2.24) is 0 Å². The minimum atomic E-state index is -0.519. The Kier molecular flexibility index (Phi) is 7.03. The number of ether oxygens (including phenoxy) is 2. The third kappa shape index (κ3) is 4.21. The third-order valence-electron chi connectivity index (χ3n) is 9.26. The van der Waals surface area contributed by atoms with Gasteiger partial charge >= 0.3 is 0 Å². The highest BCUT2D eigenvalue weighted by Crippen LogP contribution is 2.47. The van der Waals surface area contributed by atoms with Crippen molar-refractivity contribution in [2.75, 3.05) is 0 Å². The Morgan fingerprint density at radius 2 is 0.875 bits per heavy atom. The van der Waals surface area contributed by atoms with E-state index in [0.717, 1.165) is 51.4 Å². The summed E-state index contributed by atoms with van der Waals surface area (Å²) in [6, 6.07) is -1.04. The van der Waals surface area contributed by atoms with Gasteiger partial charge in [0, 0.05) is 35.8 Å². The van der Waals surface area contributed by atoms with Gasteiger partial charge in [0.1, 0.15) is 23.8 Å². The molecule has 0 saturated heterocycles. The number of carbonyl (C=O) groups excluding carboxylic acids is 2. The van der Waals surface area contributed by atoms with E-state index in [9.17, 15) is 9.59 Å². The quantitative estimate of drug-likeness (QED) is 0.687. The molecule has 32 heavy (non-hydrogen) atoms. The van der Waals surface area contributed by atoms with Crippen LogP contribution in [-0.4, -0.2) is 48.1 Å². The highest BCUT2D eigenvalue weighted by atomic mass is 16.6. The van der Waals surface area contributed by atoms with Crippen LogP contribution in [0.1, 0.15) is 89.9 Å². The first-order valence-corrected chi connectivity index (χ1v) is 13.5. The van der Waals surface area contributed by atoms with Crippen LogP contribution in [0.5, 0.6) is 0 Å². The number of hydrogen-bond acceptors (Lipinski definition) is 6. The molecule has 0 aromatic heterocycles. The van der Waals surface area contributed by atoms with Gasteiger partial charge in [-0.1, -0.05) is 51.4 Å². The van der Waals surface area contributed by atoms with E-state index in [0.29, 0.717) is 0 Å². The van der Waals surface area contributed by atoms with E-state index < -0.39 is 36.1 Å². The molecule has 0 amide bonds. The minimum Gasteiger partial charge on any atom is -0.371 e. The first-order chi connectivity index (χ1) is 15.6. The fourth-order valence-corrected chi connectivity index (χ4v) is 7.55. The van der Waals surface area contributed by atoms with Crippen LogP contribution in [0, 0.1) is 23.7 Å². The van der Waals surface area contributed by atoms with Gasteiger partial charge in [-0.05, 0) is 38.5 Å². The Balaban J connectivity index is 1.43. The molecule has 0 bridgehead atoms. The van der Waals surface area contributed by atoms with E-state index in [4.69, 9.17) is 20.9 Å². The van der Waals surface area contributed by atoms with Crippen molar-refractivity contribution >= 4 is 11.6 Å². The van der Waals surface area contributed by atoms with Crippen LogP contribution in [0.2, 0.25) is 0 Å². The van der Waals surface area contributed by atoms with Crippen LogP contribution in [-0.2, 0) is 19.1 Å². The lowest BCUT2D eigenvalue weighted by Gasteiger charge is -2.53. The molecule has 0 aliphatic heterocycles. The monoisotopic (exact) mass is 446 g/mol. The van der Waals surface area contributed by atoms with Crippen LogP contribution < -0.4 is 11.5 Å². The van der Waals surface area contributed by atoms with Crippen molar-refractivity contribution in [2.45, 2.75) is 126 Å². The number of Topliss-reactive ketones (excluding diaryl/α,β-unsaturated/α-hetero) is 2. The van der Waals surface area contributed by atoms with Gasteiger partial charge in [0.15, 0.2) is 0 Å². The molecule has 0 aromatic rings. The van der Waals surface area contributed by atoms with Crippen LogP contribution in [0.15, 0.2) is 0 Å². The molecule has 0 spiro atoms. The molecule has 5 aliphatic rings. The van der Waals surface area contributed by atoms with Crippen LogP contribution in [0.25, 0.3) is 0 Å². The van der Waals surface area contributed by atoms with E-state index >= 15 is 0 Å². The van der Waals surface area contributed by atoms with E-state index in [-0.39, 0.29) is 35.6 Å². The second-order valence-corrected chi connectivity index (χ2v) is 11.2.